The summed E-state index contributed by atoms with van der Waals surface area (Å²) in [5, 5.41) is 3.07. The number of hydrogen-bond acceptors (Lipinski definition) is 4. The van der Waals surface area contributed by atoms with E-state index in [-0.39, 0.29) is 17.6 Å². The molecule has 33 heavy (non-hydrogen) atoms. The van der Waals surface area contributed by atoms with Crippen LogP contribution in [0, 0.1) is 5.92 Å². The lowest BCUT2D eigenvalue weighted by molar-refractivity contribution is -0.120. The number of para-hydroxylation sites is 1. The number of nitrogens with one attached hydrogen (secondary N) is 1. The van der Waals surface area contributed by atoms with Crippen LogP contribution < -0.4 is 5.32 Å². The summed E-state index contributed by atoms with van der Waals surface area (Å²) in [4.78, 5) is 15.0. The minimum absolute atomic E-state index is 0.0266. The number of carbonyl (C=O) groups excluding carboxylic acids is 1. The van der Waals surface area contributed by atoms with E-state index in [1.807, 2.05) is 78.9 Å². The third kappa shape index (κ3) is 6.47. The predicted octanol–water partition coefficient (Wildman–Crippen LogP) is 5.78. The van der Waals surface area contributed by atoms with Gasteiger partial charge in [-0.1, -0.05) is 70.2 Å². The predicted molar refractivity (Wildman–Crippen MR) is 137 cm³/mol. The number of halogens is 1. The maximum absolute atomic E-state index is 13.0. The second-order valence-corrected chi connectivity index (χ2v) is 12.0. The van der Waals surface area contributed by atoms with Crippen molar-refractivity contribution in [3.63, 3.8) is 0 Å². The SMILES string of the molecule is O=C(Nc1ccccc1Sc1ccccc1)C1CCN(S(=O)(=O)Cc2ccc(Br)cc2)CC1. The summed E-state index contributed by atoms with van der Waals surface area (Å²) in [6.07, 6.45) is 1.03. The Kier molecular flexibility index (Phi) is 7.90. The zero-order valence-corrected chi connectivity index (χ0v) is 21.2. The highest BCUT2D eigenvalue weighted by Crippen LogP contribution is 2.34. The fraction of sp³-hybridized carbons (Fsp3) is 0.240. The zero-order chi connectivity index (χ0) is 23.3. The summed E-state index contributed by atoms with van der Waals surface area (Å²) in [6.45, 7) is 0.717. The number of anilines is 1. The van der Waals surface area contributed by atoms with Gasteiger partial charge in [0.15, 0.2) is 0 Å². The van der Waals surface area contributed by atoms with Crippen molar-refractivity contribution >= 4 is 49.3 Å². The second-order valence-electron chi connectivity index (χ2n) is 7.96. The lowest BCUT2D eigenvalue weighted by atomic mass is 9.97. The van der Waals surface area contributed by atoms with Crippen molar-refractivity contribution < 1.29 is 13.2 Å². The Balaban J connectivity index is 1.35. The van der Waals surface area contributed by atoms with E-state index in [4.69, 9.17) is 0 Å². The van der Waals surface area contributed by atoms with Crippen LogP contribution in [0.25, 0.3) is 0 Å². The first-order valence-electron chi connectivity index (χ1n) is 10.8. The molecule has 0 aliphatic carbocycles. The van der Waals surface area contributed by atoms with Crippen LogP contribution in [-0.2, 0) is 20.6 Å². The summed E-state index contributed by atoms with van der Waals surface area (Å²) in [6, 6.07) is 25.1. The second kappa shape index (κ2) is 10.9. The number of hydrogen-bond donors (Lipinski definition) is 1. The molecule has 0 radical (unpaired) electrons. The van der Waals surface area contributed by atoms with Gasteiger partial charge in [-0.3, -0.25) is 4.79 Å². The maximum atomic E-state index is 13.0. The molecule has 3 aromatic rings. The quantitative estimate of drug-likeness (QED) is 0.409. The molecule has 1 heterocycles. The van der Waals surface area contributed by atoms with Crippen LogP contribution in [0.3, 0.4) is 0 Å². The van der Waals surface area contributed by atoms with E-state index in [1.54, 1.807) is 11.8 Å². The number of sulfonamides is 1. The number of amides is 1. The molecule has 0 saturated carbocycles. The number of benzene rings is 3. The highest BCUT2D eigenvalue weighted by Gasteiger charge is 2.31. The van der Waals surface area contributed by atoms with Crippen LogP contribution in [-0.4, -0.2) is 31.7 Å². The van der Waals surface area contributed by atoms with Crippen molar-refractivity contribution in [3.8, 4) is 0 Å². The van der Waals surface area contributed by atoms with Crippen LogP contribution in [0.5, 0.6) is 0 Å². The molecular formula is C25H25BrN2O3S2. The fourth-order valence-corrected chi connectivity index (χ4v) is 6.54. The van der Waals surface area contributed by atoms with E-state index in [9.17, 15) is 13.2 Å². The number of nitrogens with zero attached hydrogens (tertiary/aromatic N) is 1. The molecule has 3 aromatic carbocycles. The summed E-state index contributed by atoms with van der Waals surface area (Å²) in [7, 11) is -3.42. The van der Waals surface area contributed by atoms with Gasteiger partial charge in [-0.15, -0.1) is 0 Å². The van der Waals surface area contributed by atoms with E-state index in [0.29, 0.717) is 25.9 Å². The Morgan fingerprint density at radius 3 is 2.27 bits per heavy atom. The van der Waals surface area contributed by atoms with Gasteiger partial charge in [0.05, 0.1) is 11.4 Å². The van der Waals surface area contributed by atoms with Crippen molar-refractivity contribution in [1.82, 2.24) is 4.31 Å². The first-order valence-corrected chi connectivity index (χ1v) is 14.0. The van der Waals surface area contributed by atoms with Crippen LogP contribution in [0.4, 0.5) is 5.69 Å². The van der Waals surface area contributed by atoms with Crippen molar-refractivity contribution in [3.05, 3.63) is 88.9 Å². The normalized spacial score (nSPS) is 15.3. The Morgan fingerprint density at radius 2 is 1.58 bits per heavy atom. The minimum atomic E-state index is -3.42. The molecule has 0 unspecified atom stereocenters. The summed E-state index contributed by atoms with van der Waals surface area (Å²) in [5.41, 5.74) is 1.53. The Hall–Kier alpha value is -2.13. The number of carbonyl (C=O) groups is 1. The molecule has 1 fully saturated rings. The highest BCUT2D eigenvalue weighted by molar-refractivity contribution is 9.10. The van der Waals surface area contributed by atoms with Crippen molar-refractivity contribution in [2.75, 3.05) is 18.4 Å². The minimum Gasteiger partial charge on any atom is -0.325 e. The molecular weight excluding hydrogens is 520 g/mol. The average Bonchev–Trinajstić information content (AvgIpc) is 2.82. The molecule has 4 rings (SSSR count). The summed E-state index contributed by atoms with van der Waals surface area (Å²) in [5.74, 6) is -0.290. The van der Waals surface area contributed by atoms with Crippen LogP contribution in [0.1, 0.15) is 18.4 Å². The van der Waals surface area contributed by atoms with Crippen LogP contribution >= 0.6 is 27.7 Å². The molecule has 0 bridgehead atoms. The molecule has 1 saturated heterocycles. The molecule has 1 aliphatic rings. The van der Waals surface area contributed by atoms with Crippen LogP contribution in [0.2, 0.25) is 0 Å². The number of rotatable bonds is 7. The summed E-state index contributed by atoms with van der Waals surface area (Å²) >= 11 is 4.97. The molecule has 0 spiro atoms. The average molecular weight is 546 g/mol. The van der Waals surface area contributed by atoms with Gasteiger partial charge < -0.3 is 5.32 Å². The van der Waals surface area contributed by atoms with E-state index in [0.717, 1.165) is 25.5 Å². The molecule has 0 aromatic heterocycles. The lowest BCUT2D eigenvalue weighted by Gasteiger charge is -2.30. The Bertz CT molecular complexity index is 1190. The molecule has 5 nitrogen and oxygen atoms in total. The van der Waals surface area contributed by atoms with Crippen molar-refractivity contribution in [2.24, 2.45) is 5.92 Å². The Labute approximate surface area is 207 Å². The van der Waals surface area contributed by atoms with Gasteiger partial charge in [0.25, 0.3) is 0 Å². The molecule has 0 atom stereocenters. The van der Waals surface area contributed by atoms with Gasteiger partial charge in [0, 0.05) is 33.3 Å². The van der Waals surface area contributed by atoms with Gasteiger partial charge in [0.1, 0.15) is 0 Å². The van der Waals surface area contributed by atoms with E-state index in [2.05, 4.69) is 21.2 Å². The van der Waals surface area contributed by atoms with E-state index >= 15 is 0 Å². The van der Waals surface area contributed by atoms with Gasteiger partial charge >= 0.3 is 0 Å². The first-order chi connectivity index (χ1) is 15.9. The monoisotopic (exact) mass is 544 g/mol. The highest BCUT2D eigenvalue weighted by atomic mass is 79.9. The van der Waals surface area contributed by atoms with Crippen LogP contribution in [0.15, 0.2) is 93.1 Å². The van der Waals surface area contributed by atoms with E-state index < -0.39 is 10.0 Å². The smallest absolute Gasteiger partial charge is 0.227 e. The van der Waals surface area contributed by atoms with Gasteiger partial charge in [0.2, 0.25) is 15.9 Å². The van der Waals surface area contributed by atoms with Crippen molar-refractivity contribution in [2.45, 2.75) is 28.4 Å². The fourth-order valence-electron chi connectivity index (χ4n) is 3.79. The third-order valence-electron chi connectivity index (χ3n) is 5.60. The topological polar surface area (TPSA) is 66.5 Å². The molecule has 1 N–H and O–H groups in total. The standard InChI is InChI=1S/C25H25BrN2O3S2/c26-21-12-10-19(11-13-21)18-33(30,31)28-16-14-20(15-17-28)25(29)27-23-8-4-5-9-24(23)32-22-6-2-1-3-7-22/h1-13,20H,14-18H2,(H,27,29). The lowest BCUT2D eigenvalue weighted by Crippen LogP contribution is -2.41. The molecule has 8 heteroatoms. The van der Waals surface area contributed by atoms with Gasteiger partial charge in [-0.2, -0.15) is 0 Å². The maximum Gasteiger partial charge on any atom is 0.227 e. The molecule has 1 amide bonds. The van der Waals surface area contributed by atoms with Gasteiger partial charge in [-0.05, 0) is 54.8 Å². The van der Waals surface area contributed by atoms with Gasteiger partial charge in [-0.25, -0.2) is 12.7 Å². The zero-order valence-electron chi connectivity index (χ0n) is 18.0. The first kappa shape index (κ1) is 24.0. The summed E-state index contributed by atoms with van der Waals surface area (Å²) < 4.78 is 28.1. The third-order valence-corrected chi connectivity index (χ3v) is 9.06. The van der Waals surface area contributed by atoms with E-state index in [1.165, 1.54) is 4.31 Å². The largest absolute Gasteiger partial charge is 0.325 e. The molecule has 1 aliphatic heterocycles. The Morgan fingerprint density at radius 1 is 0.939 bits per heavy atom. The molecule has 172 valence electrons. The number of piperidine rings is 1. The van der Waals surface area contributed by atoms with Crippen molar-refractivity contribution in [1.29, 1.82) is 0 Å².